The summed E-state index contributed by atoms with van der Waals surface area (Å²) in [6.07, 6.45) is 2.75. The van der Waals surface area contributed by atoms with E-state index in [1.54, 1.807) is 0 Å². The maximum absolute atomic E-state index is 13.3. The van der Waals surface area contributed by atoms with E-state index >= 15 is 0 Å². The Hall–Kier alpha value is -3.23. The summed E-state index contributed by atoms with van der Waals surface area (Å²) in [6, 6.07) is -2.72. The molecule has 36 heavy (non-hydrogen) atoms. The highest BCUT2D eigenvalue weighted by atomic mass is 32.2. The SMILES string of the molecule is C[C@@]1(O[N+](=O)[O-])CS[C@H]2C(N3C(=O)C4CCCCC4C3=O)C(=O)N2C1C(=O)OCN1C(=O)CCC1=O. The zero-order valence-electron chi connectivity index (χ0n) is 19.3. The quantitative estimate of drug-likeness (QED) is 0.143. The average molecular weight is 525 g/mol. The van der Waals surface area contributed by atoms with Crippen molar-refractivity contribution in [2.24, 2.45) is 11.8 Å². The van der Waals surface area contributed by atoms with Crippen molar-refractivity contribution in [3.8, 4) is 0 Å². The van der Waals surface area contributed by atoms with Gasteiger partial charge in [0.05, 0.1) is 11.8 Å². The summed E-state index contributed by atoms with van der Waals surface area (Å²) in [5, 5.41) is 9.32. The Morgan fingerprint density at radius 1 is 1.06 bits per heavy atom. The minimum atomic E-state index is -1.81. The van der Waals surface area contributed by atoms with Gasteiger partial charge < -0.3 is 14.5 Å². The molecular weight excluding hydrogens is 500 g/mol. The highest BCUT2D eigenvalue weighted by Crippen LogP contribution is 2.49. The molecule has 4 unspecified atom stereocenters. The summed E-state index contributed by atoms with van der Waals surface area (Å²) >= 11 is 1.07. The predicted octanol–water partition coefficient (Wildman–Crippen LogP) is -0.569. The number of ether oxygens (including phenoxy) is 1. The zero-order valence-corrected chi connectivity index (χ0v) is 20.1. The first kappa shape index (κ1) is 24.5. The summed E-state index contributed by atoms with van der Waals surface area (Å²) in [5.74, 6) is -4.71. The number of carbonyl (C=O) groups is 6. The Kier molecular flexibility index (Phi) is 5.92. The highest BCUT2D eigenvalue weighted by Gasteiger charge is 2.67. The second-order valence-electron chi connectivity index (χ2n) is 9.77. The van der Waals surface area contributed by atoms with Crippen LogP contribution in [0.25, 0.3) is 0 Å². The second-order valence-corrected chi connectivity index (χ2v) is 10.9. The van der Waals surface area contributed by atoms with Gasteiger partial charge in [0.25, 0.3) is 11.0 Å². The second kappa shape index (κ2) is 8.71. The molecule has 0 radical (unpaired) electrons. The number of hydrogen-bond acceptors (Lipinski definition) is 11. The number of fused-ring (bicyclic) bond motifs is 2. The van der Waals surface area contributed by atoms with Gasteiger partial charge in [-0.05, 0) is 19.8 Å². The van der Waals surface area contributed by atoms with Crippen LogP contribution in [0.4, 0.5) is 0 Å². The monoisotopic (exact) mass is 524 g/mol. The van der Waals surface area contributed by atoms with Gasteiger partial charge in [0, 0.05) is 18.6 Å². The smallest absolute Gasteiger partial charge is 0.333 e. The largest absolute Gasteiger partial charge is 0.442 e. The molecule has 14 nitrogen and oxygen atoms in total. The number of imide groups is 2. The maximum Gasteiger partial charge on any atom is 0.333 e. The minimum absolute atomic E-state index is 0.0210. The van der Waals surface area contributed by atoms with Crippen LogP contribution in [0, 0.1) is 22.0 Å². The predicted molar refractivity (Wildman–Crippen MR) is 116 cm³/mol. The molecule has 0 spiro atoms. The molecular formula is C21H24N4O10S. The van der Waals surface area contributed by atoms with Crippen molar-refractivity contribution in [1.82, 2.24) is 14.7 Å². The van der Waals surface area contributed by atoms with Crippen LogP contribution >= 0.6 is 11.8 Å². The van der Waals surface area contributed by atoms with Crippen LogP contribution in [0.3, 0.4) is 0 Å². The van der Waals surface area contributed by atoms with E-state index in [2.05, 4.69) is 0 Å². The Morgan fingerprint density at radius 3 is 2.19 bits per heavy atom. The van der Waals surface area contributed by atoms with Crippen molar-refractivity contribution in [3.63, 3.8) is 0 Å². The Bertz CT molecular complexity index is 1040. The molecule has 6 atom stereocenters. The standard InChI is InChI=1S/C21H24N4O10S/c1-21(35-25(32)33)8-36-19-14(23-16(28)10-4-2-3-5-11(10)17(23)29)18(30)24(19)15(21)20(31)34-9-22-12(26)6-7-13(22)27/h10-11,14-15,19H,2-9H2,1H3/t10?,11?,14?,15?,19-,21+/m0/s1. The van der Waals surface area contributed by atoms with Gasteiger partial charge in [-0.1, -0.05) is 12.8 Å². The van der Waals surface area contributed by atoms with Crippen molar-refractivity contribution in [1.29, 1.82) is 0 Å². The third-order valence-electron chi connectivity index (χ3n) is 7.60. The average Bonchev–Trinajstić information content (AvgIpc) is 3.28. The summed E-state index contributed by atoms with van der Waals surface area (Å²) in [7, 11) is 0. The number of amides is 5. The van der Waals surface area contributed by atoms with Crippen molar-refractivity contribution >= 4 is 47.3 Å². The van der Waals surface area contributed by atoms with Gasteiger partial charge in [-0.2, -0.15) is 0 Å². The number of likely N-dealkylation sites (tertiary alicyclic amines) is 2. The number of carbonyl (C=O) groups excluding carboxylic acids is 6. The molecule has 4 saturated heterocycles. The van der Waals surface area contributed by atoms with Crippen LogP contribution in [-0.4, -0.2) is 90.8 Å². The number of esters is 1. The fourth-order valence-electron chi connectivity index (χ4n) is 5.82. The molecule has 0 aromatic carbocycles. The number of nitrogens with zero attached hydrogens (tertiary/aromatic N) is 4. The lowest BCUT2D eigenvalue weighted by Crippen LogP contribution is -2.79. The van der Waals surface area contributed by atoms with E-state index in [0.29, 0.717) is 12.8 Å². The summed E-state index contributed by atoms with van der Waals surface area (Å²) < 4.78 is 5.16. The van der Waals surface area contributed by atoms with Crippen molar-refractivity contribution in [3.05, 3.63) is 10.1 Å². The Balaban J connectivity index is 1.38. The first-order valence-electron chi connectivity index (χ1n) is 11.7. The van der Waals surface area contributed by atoms with Crippen LogP contribution in [0.1, 0.15) is 45.4 Å². The third kappa shape index (κ3) is 3.62. The van der Waals surface area contributed by atoms with Crippen LogP contribution in [0.15, 0.2) is 0 Å². The minimum Gasteiger partial charge on any atom is -0.442 e. The fraction of sp³-hybridized carbons (Fsp3) is 0.714. The summed E-state index contributed by atoms with van der Waals surface area (Å²) in [5.41, 5.74) is -1.81. The molecule has 5 rings (SSSR count). The van der Waals surface area contributed by atoms with E-state index in [9.17, 15) is 38.9 Å². The maximum atomic E-state index is 13.3. The fourth-order valence-corrected chi connectivity index (χ4v) is 7.34. The zero-order chi connectivity index (χ0) is 25.9. The van der Waals surface area contributed by atoms with Gasteiger partial charge in [-0.15, -0.1) is 21.9 Å². The number of rotatable bonds is 6. The van der Waals surface area contributed by atoms with E-state index in [1.165, 1.54) is 6.92 Å². The van der Waals surface area contributed by atoms with Gasteiger partial charge in [-0.25, -0.2) is 9.69 Å². The van der Waals surface area contributed by atoms with Crippen LogP contribution in [-0.2, 0) is 38.3 Å². The first-order chi connectivity index (χ1) is 17.0. The number of hydrogen-bond donors (Lipinski definition) is 0. The summed E-state index contributed by atoms with van der Waals surface area (Å²) in [4.78, 5) is 95.1. The topological polar surface area (TPSA) is 174 Å². The van der Waals surface area contributed by atoms with Gasteiger partial charge in [0.15, 0.2) is 18.4 Å². The van der Waals surface area contributed by atoms with E-state index in [4.69, 9.17) is 9.57 Å². The summed E-state index contributed by atoms with van der Waals surface area (Å²) in [6.45, 7) is 0.579. The van der Waals surface area contributed by atoms with Gasteiger partial charge in [-0.3, -0.25) is 28.9 Å². The molecule has 4 heterocycles. The highest BCUT2D eigenvalue weighted by molar-refractivity contribution is 8.00. The van der Waals surface area contributed by atoms with Crippen molar-refractivity contribution in [2.45, 2.75) is 68.5 Å². The normalized spacial score (nSPS) is 36.0. The molecule has 1 aliphatic carbocycles. The lowest BCUT2D eigenvalue weighted by atomic mass is 9.81. The van der Waals surface area contributed by atoms with E-state index in [-0.39, 0.29) is 18.6 Å². The lowest BCUT2D eigenvalue weighted by molar-refractivity contribution is -0.779. The van der Waals surface area contributed by atoms with Crippen molar-refractivity contribution in [2.75, 3.05) is 12.5 Å². The van der Waals surface area contributed by atoms with Gasteiger partial charge in [0.1, 0.15) is 11.4 Å². The van der Waals surface area contributed by atoms with Gasteiger partial charge in [0.2, 0.25) is 23.6 Å². The molecule has 0 aromatic heterocycles. The molecule has 5 amide bonds. The molecule has 0 aromatic rings. The van der Waals surface area contributed by atoms with Gasteiger partial charge >= 0.3 is 5.97 Å². The third-order valence-corrected chi connectivity index (χ3v) is 9.17. The molecule has 4 aliphatic heterocycles. The first-order valence-corrected chi connectivity index (χ1v) is 12.7. The molecule has 0 N–H and O–H groups in total. The number of thioether (sulfide) groups is 1. The molecule has 1 saturated carbocycles. The van der Waals surface area contributed by atoms with Crippen molar-refractivity contribution < 1.29 is 43.4 Å². The molecule has 194 valence electrons. The van der Waals surface area contributed by atoms with E-state index in [1.807, 2.05) is 0 Å². The Labute approximate surface area is 208 Å². The molecule has 5 aliphatic rings. The lowest BCUT2D eigenvalue weighted by Gasteiger charge is -2.57. The number of β-lactam (4-membered cyclic amide) rings is 1. The van der Waals surface area contributed by atoms with Crippen LogP contribution in [0.5, 0.6) is 0 Å². The molecule has 0 bridgehead atoms. The van der Waals surface area contributed by atoms with E-state index < -0.39 is 82.2 Å². The molecule has 15 heteroatoms. The van der Waals surface area contributed by atoms with Crippen LogP contribution in [0.2, 0.25) is 0 Å². The molecule has 5 fully saturated rings. The Morgan fingerprint density at radius 2 is 1.64 bits per heavy atom. The van der Waals surface area contributed by atoms with Crippen LogP contribution < -0.4 is 0 Å². The van der Waals surface area contributed by atoms with E-state index in [0.717, 1.165) is 39.3 Å².